The van der Waals surface area contributed by atoms with Crippen molar-refractivity contribution in [1.82, 2.24) is 0 Å². The average molecular weight is 235 g/mol. The molecule has 0 bridgehead atoms. The number of carbonyl (C=O) groups excluding carboxylic acids is 1. The number of rotatable bonds is 5. The van der Waals surface area contributed by atoms with Crippen molar-refractivity contribution in [2.75, 3.05) is 6.61 Å². The van der Waals surface area contributed by atoms with E-state index in [4.69, 9.17) is 0 Å². The fraction of sp³-hybridized carbons (Fsp3) is 0.250. The van der Waals surface area contributed by atoms with Gasteiger partial charge in [0.05, 0.1) is 24.0 Å². The molecule has 0 radical (unpaired) electrons. The highest BCUT2D eigenvalue weighted by Gasteiger charge is 2.14. The van der Waals surface area contributed by atoms with E-state index in [9.17, 15) is 14.9 Å². The normalized spacial score (nSPS) is 11.0. The highest BCUT2D eigenvalue weighted by Crippen LogP contribution is 2.08. The first-order valence-corrected chi connectivity index (χ1v) is 5.19. The van der Waals surface area contributed by atoms with Crippen LogP contribution in [0.4, 0.5) is 0 Å². The molecule has 0 N–H and O–H groups in total. The summed E-state index contributed by atoms with van der Waals surface area (Å²) in [5.41, 5.74) is 0.606. The maximum absolute atomic E-state index is 11.1. The topological polar surface area (TPSA) is 69.4 Å². The molecule has 90 valence electrons. The maximum atomic E-state index is 11.1. The van der Waals surface area contributed by atoms with Gasteiger partial charge in [0, 0.05) is 0 Å². The molecule has 0 heterocycles. The minimum Gasteiger partial charge on any atom is -0.463 e. The molecule has 0 amide bonds. The Morgan fingerprint density at radius 2 is 2.06 bits per heavy atom. The second-order valence-electron chi connectivity index (χ2n) is 3.31. The Bertz CT molecular complexity index is 425. The Hall–Kier alpha value is -2.17. The molecular weight excluding hydrogens is 222 g/mol. The number of nitrogens with zero attached hydrogens (tertiary/aromatic N) is 1. The Morgan fingerprint density at radius 3 is 2.59 bits per heavy atom. The molecule has 0 saturated carbocycles. The largest absolute Gasteiger partial charge is 0.463 e. The summed E-state index contributed by atoms with van der Waals surface area (Å²) < 4.78 is 4.64. The lowest BCUT2D eigenvalue weighted by Crippen LogP contribution is -2.08. The van der Waals surface area contributed by atoms with E-state index in [2.05, 4.69) is 4.74 Å². The van der Waals surface area contributed by atoms with Crippen LogP contribution in [0.25, 0.3) is 0 Å². The molecule has 0 spiro atoms. The van der Waals surface area contributed by atoms with Crippen LogP contribution in [0.2, 0.25) is 0 Å². The molecule has 0 aliphatic heterocycles. The van der Waals surface area contributed by atoms with Crippen LogP contribution in [0.3, 0.4) is 0 Å². The first-order valence-electron chi connectivity index (χ1n) is 5.19. The van der Waals surface area contributed by atoms with E-state index >= 15 is 0 Å². The third-order valence-corrected chi connectivity index (χ3v) is 2.03. The van der Waals surface area contributed by atoms with Crippen LogP contribution in [0.15, 0.2) is 42.1 Å². The summed E-state index contributed by atoms with van der Waals surface area (Å²) in [6.07, 6.45) is 1.03. The van der Waals surface area contributed by atoms with Gasteiger partial charge in [0.25, 0.3) is 5.70 Å². The second kappa shape index (κ2) is 6.42. The molecule has 5 heteroatoms. The van der Waals surface area contributed by atoms with Crippen LogP contribution in [0, 0.1) is 10.1 Å². The number of ether oxygens (including phenoxy) is 1. The van der Waals surface area contributed by atoms with Gasteiger partial charge in [-0.15, -0.1) is 0 Å². The molecule has 0 atom stereocenters. The highest BCUT2D eigenvalue weighted by atomic mass is 16.6. The standard InChI is InChI=1S/C12H13NO4/c1-2-17-12(14)9-11(13(15)16)8-10-6-4-3-5-7-10/h3-7,9H,2,8H2,1H3/b11-9+. The summed E-state index contributed by atoms with van der Waals surface area (Å²) in [5, 5.41) is 10.8. The van der Waals surface area contributed by atoms with E-state index in [1.807, 2.05) is 6.07 Å². The van der Waals surface area contributed by atoms with Gasteiger partial charge in [0.1, 0.15) is 0 Å². The van der Waals surface area contributed by atoms with Gasteiger partial charge in [-0.2, -0.15) is 0 Å². The predicted molar refractivity (Wildman–Crippen MR) is 61.9 cm³/mol. The second-order valence-corrected chi connectivity index (χ2v) is 3.31. The average Bonchev–Trinajstić information content (AvgIpc) is 2.29. The summed E-state index contributed by atoms with van der Waals surface area (Å²) >= 11 is 0. The Labute approximate surface area is 98.9 Å². The summed E-state index contributed by atoms with van der Waals surface area (Å²) in [5.74, 6) is -0.685. The van der Waals surface area contributed by atoms with Crippen LogP contribution < -0.4 is 0 Å². The van der Waals surface area contributed by atoms with Gasteiger partial charge in [-0.05, 0) is 12.5 Å². The van der Waals surface area contributed by atoms with Gasteiger partial charge in [0.15, 0.2) is 0 Å². The number of benzene rings is 1. The first kappa shape index (κ1) is 12.9. The van der Waals surface area contributed by atoms with Crippen molar-refractivity contribution in [3.05, 3.63) is 57.8 Å². The van der Waals surface area contributed by atoms with E-state index in [1.165, 1.54) is 0 Å². The van der Waals surface area contributed by atoms with Gasteiger partial charge < -0.3 is 4.74 Å². The van der Waals surface area contributed by atoms with E-state index in [-0.39, 0.29) is 18.7 Å². The molecular formula is C12H13NO4. The molecule has 17 heavy (non-hydrogen) atoms. The van der Waals surface area contributed by atoms with Gasteiger partial charge in [-0.1, -0.05) is 30.3 Å². The van der Waals surface area contributed by atoms with E-state index in [0.717, 1.165) is 11.6 Å². The monoisotopic (exact) mass is 235 g/mol. The number of esters is 1. The number of allylic oxidation sites excluding steroid dienone is 1. The summed E-state index contributed by atoms with van der Waals surface area (Å²) in [6.45, 7) is 1.85. The minimum atomic E-state index is -0.685. The van der Waals surface area contributed by atoms with Gasteiger partial charge >= 0.3 is 5.97 Å². The molecule has 0 fully saturated rings. The smallest absolute Gasteiger partial charge is 0.337 e. The van der Waals surface area contributed by atoms with Crippen molar-refractivity contribution in [1.29, 1.82) is 0 Å². The quantitative estimate of drug-likeness (QED) is 0.338. The maximum Gasteiger partial charge on any atom is 0.337 e. The molecule has 1 aromatic rings. The van der Waals surface area contributed by atoms with Crippen molar-refractivity contribution in [2.45, 2.75) is 13.3 Å². The van der Waals surface area contributed by atoms with E-state index < -0.39 is 10.9 Å². The number of carbonyl (C=O) groups is 1. The molecule has 1 aromatic carbocycles. The molecule has 0 aliphatic carbocycles. The molecule has 0 saturated heterocycles. The number of nitro groups is 1. The SMILES string of the molecule is CCOC(=O)/C=C(\Cc1ccccc1)[N+](=O)[O-]. The molecule has 0 unspecified atom stereocenters. The minimum absolute atomic E-state index is 0.104. The molecule has 0 aliphatic rings. The van der Waals surface area contributed by atoms with Crippen LogP contribution >= 0.6 is 0 Å². The lowest BCUT2D eigenvalue weighted by atomic mass is 10.1. The number of hydrogen-bond donors (Lipinski definition) is 0. The van der Waals surface area contributed by atoms with Gasteiger partial charge in [-0.3, -0.25) is 10.1 Å². The zero-order valence-corrected chi connectivity index (χ0v) is 9.46. The Kier molecular flexibility index (Phi) is 4.87. The molecule has 1 rings (SSSR count). The van der Waals surface area contributed by atoms with Gasteiger partial charge in [0.2, 0.25) is 0 Å². The van der Waals surface area contributed by atoms with Crippen molar-refractivity contribution in [3.8, 4) is 0 Å². The third-order valence-electron chi connectivity index (χ3n) is 2.03. The lowest BCUT2D eigenvalue weighted by molar-refractivity contribution is -0.427. The van der Waals surface area contributed by atoms with Gasteiger partial charge in [-0.25, -0.2) is 4.79 Å². The van der Waals surface area contributed by atoms with Crippen LogP contribution in [0.5, 0.6) is 0 Å². The van der Waals surface area contributed by atoms with Crippen LogP contribution in [0.1, 0.15) is 12.5 Å². The van der Waals surface area contributed by atoms with E-state index in [1.54, 1.807) is 31.2 Å². The predicted octanol–water partition coefficient (Wildman–Crippen LogP) is 1.95. The summed E-state index contributed by atoms with van der Waals surface area (Å²) in [4.78, 5) is 21.4. The van der Waals surface area contributed by atoms with Crippen molar-refractivity contribution >= 4 is 5.97 Å². The Morgan fingerprint density at radius 1 is 1.41 bits per heavy atom. The van der Waals surface area contributed by atoms with Crippen LogP contribution in [-0.4, -0.2) is 17.5 Å². The third kappa shape index (κ3) is 4.46. The molecule has 5 nitrogen and oxygen atoms in total. The first-order chi connectivity index (χ1) is 8.13. The van der Waals surface area contributed by atoms with Crippen molar-refractivity contribution in [2.24, 2.45) is 0 Å². The summed E-state index contributed by atoms with van der Waals surface area (Å²) in [6, 6.07) is 8.93. The van der Waals surface area contributed by atoms with Crippen molar-refractivity contribution < 1.29 is 14.5 Å². The zero-order valence-electron chi connectivity index (χ0n) is 9.46. The van der Waals surface area contributed by atoms with E-state index in [0.29, 0.717) is 0 Å². The van der Waals surface area contributed by atoms with Crippen LogP contribution in [-0.2, 0) is 16.0 Å². The fourth-order valence-corrected chi connectivity index (χ4v) is 1.29. The lowest BCUT2D eigenvalue weighted by Gasteiger charge is -2.00. The van der Waals surface area contributed by atoms with Crippen molar-refractivity contribution in [3.63, 3.8) is 0 Å². The zero-order chi connectivity index (χ0) is 12.7. The Balaban J connectivity index is 2.81. The number of hydrogen-bond acceptors (Lipinski definition) is 4. The summed E-state index contributed by atoms with van der Waals surface area (Å²) in [7, 11) is 0. The fourth-order valence-electron chi connectivity index (χ4n) is 1.29. The molecule has 0 aromatic heterocycles. The highest BCUT2D eigenvalue weighted by molar-refractivity contribution is 5.82.